The Morgan fingerprint density at radius 1 is 1.07 bits per heavy atom. The maximum Gasteiger partial charge on any atom is 0.263 e. The Bertz CT molecular complexity index is 1160. The monoisotopic (exact) mass is 411 g/mol. The molecule has 0 fully saturated rings. The molecule has 0 radical (unpaired) electrons. The van der Waals surface area contributed by atoms with Crippen molar-refractivity contribution in [3.63, 3.8) is 0 Å². The van der Waals surface area contributed by atoms with Crippen molar-refractivity contribution in [2.24, 2.45) is 5.10 Å². The highest BCUT2D eigenvalue weighted by atomic mass is 32.2. The SMILES string of the molecule is C[C@H](C(=O)N/N=C\c1c(O)ccc2ccccc12)N(c1ccccc1)S(C)(=O)=O. The van der Waals surface area contributed by atoms with Crippen molar-refractivity contribution in [2.75, 3.05) is 10.6 Å². The fourth-order valence-electron chi connectivity index (χ4n) is 3.06. The highest BCUT2D eigenvalue weighted by Crippen LogP contribution is 2.25. The van der Waals surface area contributed by atoms with E-state index in [0.29, 0.717) is 11.3 Å². The van der Waals surface area contributed by atoms with Crippen LogP contribution in [0, 0.1) is 0 Å². The number of fused-ring (bicyclic) bond motifs is 1. The quantitative estimate of drug-likeness (QED) is 0.481. The predicted molar refractivity (Wildman–Crippen MR) is 115 cm³/mol. The van der Waals surface area contributed by atoms with E-state index in [1.165, 1.54) is 13.1 Å². The summed E-state index contributed by atoms with van der Waals surface area (Å²) in [6, 6.07) is 18.1. The van der Waals surface area contributed by atoms with Crippen molar-refractivity contribution < 1.29 is 18.3 Å². The average Bonchev–Trinajstić information content (AvgIpc) is 2.69. The molecular weight excluding hydrogens is 390 g/mol. The maximum absolute atomic E-state index is 12.5. The van der Waals surface area contributed by atoms with Gasteiger partial charge < -0.3 is 5.11 Å². The number of hydrogen-bond acceptors (Lipinski definition) is 5. The van der Waals surface area contributed by atoms with E-state index in [1.54, 1.807) is 42.5 Å². The number of para-hydroxylation sites is 1. The van der Waals surface area contributed by atoms with Crippen LogP contribution >= 0.6 is 0 Å². The van der Waals surface area contributed by atoms with Crippen molar-refractivity contribution in [1.82, 2.24) is 5.43 Å². The summed E-state index contributed by atoms with van der Waals surface area (Å²) in [7, 11) is -3.69. The van der Waals surface area contributed by atoms with E-state index < -0.39 is 22.0 Å². The Kier molecular flexibility index (Phi) is 5.84. The Morgan fingerprint density at radius 3 is 2.41 bits per heavy atom. The third-order valence-electron chi connectivity index (χ3n) is 4.42. The van der Waals surface area contributed by atoms with E-state index in [0.717, 1.165) is 21.3 Å². The van der Waals surface area contributed by atoms with Gasteiger partial charge in [-0.1, -0.05) is 48.5 Å². The van der Waals surface area contributed by atoms with E-state index in [9.17, 15) is 18.3 Å². The topological polar surface area (TPSA) is 99.1 Å². The zero-order valence-corrected chi connectivity index (χ0v) is 16.8. The van der Waals surface area contributed by atoms with Gasteiger partial charge in [-0.05, 0) is 35.9 Å². The predicted octanol–water partition coefficient (Wildman–Crippen LogP) is 2.85. The Hall–Kier alpha value is -3.39. The minimum Gasteiger partial charge on any atom is -0.507 e. The zero-order chi connectivity index (χ0) is 21.0. The van der Waals surface area contributed by atoms with Gasteiger partial charge in [-0.3, -0.25) is 9.10 Å². The number of hydrazone groups is 1. The van der Waals surface area contributed by atoms with Gasteiger partial charge in [0.1, 0.15) is 11.8 Å². The van der Waals surface area contributed by atoms with Crippen LogP contribution in [0.3, 0.4) is 0 Å². The van der Waals surface area contributed by atoms with Gasteiger partial charge in [-0.15, -0.1) is 0 Å². The second-order valence-electron chi connectivity index (χ2n) is 6.52. The second kappa shape index (κ2) is 8.32. The molecule has 1 amide bonds. The number of carbonyl (C=O) groups excluding carboxylic acids is 1. The molecule has 3 aromatic rings. The lowest BCUT2D eigenvalue weighted by Gasteiger charge is -2.27. The third-order valence-corrected chi connectivity index (χ3v) is 5.66. The van der Waals surface area contributed by atoms with Crippen LogP contribution in [0.25, 0.3) is 10.8 Å². The van der Waals surface area contributed by atoms with Gasteiger partial charge >= 0.3 is 0 Å². The number of aromatic hydroxyl groups is 1. The maximum atomic E-state index is 12.5. The van der Waals surface area contributed by atoms with Crippen LogP contribution in [0.5, 0.6) is 5.75 Å². The number of phenolic OH excluding ortho intramolecular Hbond substituents is 1. The largest absolute Gasteiger partial charge is 0.507 e. The molecule has 0 saturated carbocycles. The Morgan fingerprint density at radius 2 is 1.72 bits per heavy atom. The minimum absolute atomic E-state index is 0.0248. The van der Waals surface area contributed by atoms with E-state index in [-0.39, 0.29) is 5.75 Å². The summed E-state index contributed by atoms with van der Waals surface area (Å²) in [6.45, 7) is 1.48. The molecule has 7 nitrogen and oxygen atoms in total. The van der Waals surface area contributed by atoms with Crippen molar-refractivity contribution in [3.05, 3.63) is 72.3 Å². The van der Waals surface area contributed by atoms with Crippen molar-refractivity contribution >= 4 is 38.6 Å². The Labute approximate surface area is 169 Å². The molecule has 3 rings (SSSR count). The van der Waals surface area contributed by atoms with Gasteiger partial charge in [-0.2, -0.15) is 5.10 Å². The highest BCUT2D eigenvalue weighted by molar-refractivity contribution is 7.92. The molecule has 0 heterocycles. The molecule has 0 spiro atoms. The van der Waals surface area contributed by atoms with E-state index in [4.69, 9.17) is 0 Å². The van der Waals surface area contributed by atoms with Gasteiger partial charge in [0.15, 0.2) is 0 Å². The number of anilines is 1. The number of rotatable bonds is 6. The van der Waals surface area contributed by atoms with Crippen LogP contribution < -0.4 is 9.73 Å². The third kappa shape index (κ3) is 4.55. The summed E-state index contributed by atoms with van der Waals surface area (Å²) >= 11 is 0. The standard InChI is InChI=1S/C21H21N3O4S/c1-15(24(29(2,27)28)17-9-4-3-5-10-17)21(26)23-22-14-19-18-11-7-6-8-16(18)12-13-20(19)25/h3-15,25H,1-2H3,(H,23,26)/b22-14-/t15-/m1/s1. The van der Waals surface area contributed by atoms with E-state index in [1.807, 2.05) is 24.3 Å². The number of carbonyl (C=O) groups is 1. The molecule has 0 unspecified atom stereocenters. The summed E-state index contributed by atoms with van der Waals surface area (Å²) in [6.07, 6.45) is 2.39. The molecule has 2 N–H and O–H groups in total. The molecule has 8 heteroatoms. The van der Waals surface area contributed by atoms with Crippen molar-refractivity contribution in [2.45, 2.75) is 13.0 Å². The molecule has 0 aliphatic carbocycles. The normalized spacial score (nSPS) is 12.8. The summed E-state index contributed by atoms with van der Waals surface area (Å²) in [5.41, 5.74) is 3.20. The van der Waals surface area contributed by atoms with Crippen LogP contribution in [-0.2, 0) is 14.8 Å². The van der Waals surface area contributed by atoms with Gasteiger partial charge in [0.2, 0.25) is 10.0 Å². The van der Waals surface area contributed by atoms with Crippen LogP contribution in [0.15, 0.2) is 71.8 Å². The first kappa shape index (κ1) is 20.3. The number of amides is 1. The lowest BCUT2D eigenvalue weighted by Crippen LogP contribution is -2.46. The highest BCUT2D eigenvalue weighted by Gasteiger charge is 2.28. The average molecular weight is 411 g/mol. The number of sulfonamides is 1. The molecule has 0 bridgehead atoms. The first-order chi connectivity index (χ1) is 13.8. The van der Waals surface area contributed by atoms with Crippen molar-refractivity contribution in [3.8, 4) is 5.75 Å². The molecule has 0 aliphatic rings. The summed E-state index contributed by atoms with van der Waals surface area (Å²) < 4.78 is 25.5. The summed E-state index contributed by atoms with van der Waals surface area (Å²) in [5.74, 6) is -0.577. The van der Waals surface area contributed by atoms with Gasteiger partial charge in [0, 0.05) is 5.56 Å². The summed E-state index contributed by atoms with van der Waals surface area (Å²) in [5, 5.41) is 15.8. The number of nitrogens with zero attached hydrogens (tertiary/aromatic N) is 2. The molecule has 29 heavy (non-hydrogen) atoms. The number of hydrogen-bond donors (Lipinski definition) is 2. The molecule has 3 aromatic carbocycles. The van der Waals surface area contributed by atoms with Gasteiger partial charge in [-0.25, -0.2) is 13.8 Å². The molecule has 0 saturated heterocycles. The smallest absolute Gasteiger partial charge is 0.263 e. The molecular formula is C21H21N3O4S. The lowest BCUT2D eigenvalue weighted by molar-refractivity contribution is -0.121. The first-order valence-corrected chi connectivity index (χ1v) is 10.7. The minimum atomic E-state index is -3.69. The van der Waals surface area contributed by atoms with Crippen LogP contribution in [-0.4, -0.2) is 37.9 Å². The lowest BCUT2D eigenvalue weighted by atomic mass is 10.0. The van der Waals surface area contributed by atoms with E-state index >= 15 is 0 Å². The van der Waals surface area contributed by atoms with Crippen LogP contribution in [0.2, 0.25) is 0 Å². The number of benzene rings is 3. The summed E-state index contributed by atoms with van der Waals surface area (Å²) in [4.78, 5) is 12.5. The molecule has 150 valence electrons. The molecule has 0 aliphatic heterocycles. The second-order valence-corrected chi connectivity index (χ2v) is 8.38. The van der Waals surface area contributed by atoms with E-state index in [2.05, 4.69) is 10.5 Å². The first-order valence-electron chi connectivity index (χ1n) is 8.87. The Balaban J connectivity index is 1.82. The fraction of sp³-hybridized carbons (Fsp3) is 0.143. The fourth-order valence-corrected chi connectivity index (χ4v) is 4.23. The molecule has 0 aromatic heterocycles. The zero-order valence-electron chi connectivity index (χ0n) is 16.0. The van der Waals surface area contributed by atoms with Crippen molar-refractivity contribution in [1.29, 1.82) is 0 Å². The number of phenols is 1. The molecule has 1 atom stereocenters. The number of nitrogens with one attached hydrogen (secondary N) is 1. The van der Waals surface area contributed by atoms with Crippen LogP contribution in [0.4, 0.5) is 5.69 Å². The van der Waals surface area contributed by atoms with Gasteiger partial charge in [0.25, 0.3) is 5.91 Å². The van der Waals surface area contributed by atoms with Crippen LogP contribution in [0.1, 0.15) is 12.5 Å². The van der Waals surface area contributed by atoms with Gasteiger partial charge in [0.05, 0.1) is 18.2 Å².